The molecule has 2 aromatic carbocycles. The molecule has 1 atom stereocenters. The first kappa shape index (κ1) is 21.7. The Morgan fingerprint density at radius 1 is 1.00 bits per heavy atom. The molecule has 1 fully saturated rings. The molecule has 0 bridgehead atoms. The maximum atomic E-state index is 5.88. The van der Waals surface area contributed by atoms with Gasteiger partial charge in [0, 0.05) is 11.0 Å². The molecule has 0 spiro atoms. The average molecular weight is 417 g/mol. The van der Waals surface area contributed by atoms with Crippen LogP contribution in [-0.2, 0) is 14.9 Å². The van der Waals surface area contributed by atoms with Gasteiger partial charge in [0.2, 0.25) is 0 Å². The zero-order chi connectivity index (χ0) is 20.9. The SMILES string of the molecule is CC1(C)OCC(COc2ccc(C(C)(C)c3ccc(OC/C=C/Cl)cc3)cc2)O1. The number of halogens is 1. The lowest BCUT2D eigenvalue weighted by molar-refractivity contribution is -0.141. The smallest absolute Gasteiger partial charge is 0.163 e. The van der Waals surface area contributed by atoms with Gasteiger partial charge in [-0.25, -0.2) is 0 Å². The molecule has 4 nitrogen and oxygen atoms in total. The maximum Gasteiger partial charge on any atom is 0.163 e. The molecule has 1 heterocycles. The van der Waals surface area contributed by atoms with Crippen molar-refractivity contribution in [1.82, 2.24) is 0 Å². The van der Waals surface area contributed by atoms with E-state index in [1.807, 2.05) is 38.1 Å². The number of ether oxygens (including phenoxy) is 4. The van der Waals surface area contributed by atoms with Crippen LogP contribution in [0, 0.1) is 0 Å². The molecule has 5 heteroatoms. The fourth-order valence-corrected chi connectivity index (χ4v) is 3.39. The molecule has 0 saturated carbocycles. The summed E-state index contributed by atoms with van der Waals surface area (Å²) in [5, 5.41) is 0. The van der Waals surface area contributed by atoms with Crippen LogP contribution in [0.4, 0.5) is 0 Å². The van der Waals surface area contributed by atoms with Gasteiger partial charge in [-0.15, -0.1) is 0 Å². The average Bonchev–Trinajstić information content (AvgIpc) is 3.06. The molecular weight excluding hydrogens is 388 g/mol. The Labute approximate surface area is 178 Å². The van der Waals surface area contributed by atoms with Crippen LogP contribution < -0.4 is 9.47 Å². The summed E-state index contributed by atoms with van der Waals surface area (Å²) in [7, 11) is 0. The second-order valence-electron chi connectivity index (χ2n) is 8.11. The van der Waals surface area contributed by atoms with Crippen LogP contribution in [0.25, 0.3) is 0 Å². The van der Waals surface area contributed by atoms with E-state index >= 15 is 0 Å². The first-order chi connectivity index (χ1) is 13.8. The first-order valence-electron chi connectivity index (χ1n) is 9.84. The molecule has 0 amide bonds. The standard InChI is InChI=1S/C24H29ClO4/c1-23(2,18-6-10-20(11-7-18)26-15-5-14-25)19-8-12-21(13-9-19)27-16-22-17-28-24(3,4)29-22/h5-14,22H,15-17H2,1-4H3/b14-5+. The predicted molar refractivity (Wildman–Crippen MR) is 116 cm³/mol. The van der Waals surface area contributed by atoms with Gasteiger partial charge < -0.3 is 18.9 Å². The van der Waals surface area contributed by atoms with Gasteiger partial charge in [-0.1, -0.05) is 49.7 Å². The molecule has 3 rings (SSSR count). The van der Waals surface area contributed by atoms with Crippen LogP contribution in [0.5, 0.6) is 11.5 Å². The van der Waals surface area contributed by atoms with E-state index < -0.39 is 5.79 Å². The topological polar surface area (TPSA) is 36.9 Å². The van der Waals surface area contributed by atoms with Crippen LogP contribution in [0.1, 0.15) is 38.8 Å². The van der Waals surface area contributed by atoms with Crippen LogP contribution in [-0.4, -0.2) is 31.7 Å². The van der Waals surface area contributed by atoms with E-state index in [0.29, 0.717) is 19.8 Å². The summed E-state index contributed by atoms with van der Waals surface area (Å²) >= 11 is 5.51. The highest BCUT2D eigenvalue weighted by molar-refractivity contribution is 6.25. The Hall–Kier alpha value is -2.01. The molecule has 1 aliphatic rings. The van der Waals surface area contributed by atoms with Crippen molar-refractivity contribution in [2.75, 3.05) is 19.8 Å². The van der Waals surface area contributed by atoms with Crippen molar-refractivity contribution in [3.8, 4) is 11.5 Å². The van der Waals surface area contributed by atoms with E-state index in [4.69, 9.17) is 30.5 Å². The Morgan fingerprint density at radius 2 is 1.55 bits per heavy atom. The van der Waals surface area contributed by atoms with Crippen molar-refractivity contribution in [1.29, 1.82) is 0 Å². The number of benzene rings is 2. The van der Waals surface area contributed by atoms with Crippen molar-refractivity contribution in [3.63, 3.8) is 0 Å². The summed E-state index contributed by atoms with van der Waals surface area (Å²) in [6.07, 6.45) is 1.72. The van der Waals surface area contributed by atoms with Gasteiger partial charge >= 0.3 is 0 Å². The minimum atomic E-state index is -0.525. The number of rotatable bonds is 8. The van der Waals surface area contributed by atoms with E-state index in [1.54, 1.807) is 6.08 Å². The summed E-state index contributed by atoms with van der Waals surface area (Å²) in [6, 6.07) is 16.4. The van der Waals surface area contributed by atoms with E-state index in [-0.39, 0.29) is 11.5 Å². The molecular formula is C24H29ClO4. The lowest BCUT2D eigenvalue weighted by Gasteiger charge is -2.26. The largest absolute Gasteiger partial charge is 0.491 e. The molecule has 0 radical (unpaired) electrons. The summed E-state index contributed by atoms with van der Waals surface area (Å²) in [5.41, 5.74) is 3.75. The second kappa shape index (κ2) is 9.21. The van der Waals surface area contributed by atoms with Crippen molar-refractivity contribution in [2.24, 2.45) is 0 Å². The maximum absolute atomic E-state index is 5.88. The summed E-state index contributed by atoms with van der Waals surface area (Å²) in [5.74, 6) is 1.13. The van der Waals surface area contributed by atoms with Crippen LogP contribution in [0.15, 0.2) is 60.1 Å². The van der Waals surface area contributed by atoms with Crippen LogP contribution in [0.2, 0.25) is 0 Å². The van der Waals surface area contributed by atoms with Crippen LogP contribution in [0.3, 0.4) is 0 Å². The van der Waals surface area contributed by atoms with Gasteiger partial charge in [0.05, 0.1) is 6.61 Å². The van der Waals surface area contributed by atoms with Crippen molar-refractivity contribution in [3.05, 3.63) is 71.3 Å². The van der Waals surface area contributed by atoms with E-state index in [9.17, 15) is 0 Å². The van der Waals surface area contributed by atoms with E-state index in [0.717, 1.165) is 11.5 Å². The van der Waals surface area contributed by atoms with E-state index in [2.05, 4.69) is 38.1 Å². The Morgan fingerprint density at radius 3 is 2.03 bits per heavy atom. The minimum Gasteiger partial charge on any atom is -0.491 e. The predicted octanol–water partition coefficient (Wildman–Crippen LogP) is 5.67. The highest BCUT2D eigenvalue weighted by Crippen LogP contribution is 2.33. The summed E-state index contributed by atoms with van der Waals surface area (Å²) in [6.45, 7) is 9.75. The zero-order valence-electron chi connectivity index (χ0n) is 17.5. The molecule has 0 N–H and O–H groups in total. The molecule has 1 saturated heterocycles. The lowest BCUT2D eigenvalue weighted by Crippen LogP contribution is -2.25. The highest BCUT2D eigenvalue weighted by Gasteiger charge is 2.33. The lowest BCUT2D eigenvalue weighted by atomic mass is 9.78. The second-order valence-corrected chi connectivity index (χ2v) is 8.36. The molecule has 2 aromatic rings. The Bertz CT molecular complexity index is 810. The van der Waals surface area contributed by atoms with Crippen molar-refractivity contribution < 1.29 is 18.9 Å². The third-order valence-electron chi connectivity index (χ3n) is 5.09. The monoisotopic (exact) mass is 416 g/mol. The van der Waals surface area contributed by atoms with Crippen molar-refractivity contribution >= 4 is 11.6 Å². The zero-order valence-corrected chi connectivity index (χ0v) is 18.2. The Kier molecular flexibility index (Phi) is 6.89. The molecule has 0 aliphatic carbocycles. The van der Waals surface area contributed by atoms with Gasteiger partial charge in [0.15, 0.2) is 5.79 Å². The highest BCUT2D eigenvalue weighted by atomic mass is 35.5. The molecule has 1 aliphatic heterocycles. The van der Waals surface area contributed by atoms with E-state index in [1.165, 1.54) is 16.7 Å². The van der Waals surface area contributed by atoms with Gasteiger partial charge in [-0.3, -0.25) is 0 Å². The third kappa shape index (κ3) is 5.75. The number of hydrogen-bond donors (Lipinski definition) is 0. The number of hydrogen-bond acceptors (Lipinski definition) is 4. The molecule has 0 aromatic heterocycles. The molecule has 29 heavy (non-hydrogen) atoms. The summed E-state index contributed by atoms with van der Waals surface area (Å²) < 4.78 is 22.8. The molecule has 156 valence electrons. The fraction of sp³-hybridized carbons (Fsp3) is 0.417. The first-order valence-corrected chi connectivity index (χ1v) is 10.3. The minimum absolute atomic E-state index is 0.0400. The third-order valence-corrected chi connectivity index (χ3v) is 5.27. The summed E-state index contributed by atoms with van der Waals surface area (Å²) in [4.78, 5) is 0. The van der Waals surface area contributed by atoms with Gasteiger partial charge in [-0.05, 0) is 55.3 Å². The Balaban J connectivity index is 1.60. The van der Waals surface area contributed by atoms with Gasteiger partial charge in [-0.2, -0.15) is 0 Å². The van der Waals surface area contributed by atoms with Crippen molar-refractivity contribution in [2.45, 2.75) is 45.0 Å². The van der Waals surface area contributed by atoms with Gasteiger partial charge in [0.1, 0.15) is 30.8 Å². The normalized spacial score (nSPS) is 18.9. The molecule has 1 unspecified atom stereocenters. The fourth-order valence-electron chi connectivity index (χ4n) is 3.32. The van der Waals surface area contributed by atoms with Crippen LogP contribution >= 0.6 is 11.6 Å². The quantitative estimate of drug-likeness (QED) is 0.555. The van der Waals surface area contributed by atoms with Gasteiger partial charge in [0.25, 0.3) is 0 Å².